The van der Waals surface area contributed by atoms with Gasteiger partial charge in [-0.1, -0.05) is 37.0 Å². The van der Waals surface area contributed by atoms with E-state index >= 15 is 0 Å². The predicted molar refractivity (Wildman–Crippen MR) is 69.6 cm³/mol. The number of hydrogen-bond donors (Lipinski definition) is 1. The molecule has 1 amide bonds. The van der Waals surface area contributed by atoms with E-state index in [4.69, 9.17) is 17.3 Å². The summed E-state index contributed by atoms with van der Waals surface area (Å²) in [5, 5.41) is 9.02. The van der Waals surface area contributed by atoms with E-state index in [1.165, 1.54) is 11.8 Å². The molecule has 1 saturated heterocycles. The Kier molecular flexibility index (Phi) is 3.53. The molecule has 0 aromatic heterocycles. The van der Waals surface area contributed by atoms with Crippen LogP contribution in [0.3, 0.4) is 0 Å². The standard InChI is InChI=1S/C11H13NO3S2/c1-6-9(13)12(11(16)17-6)8-4-2-3-7(5-8)10(14)15/h7-8H,1-5H2,(H,14,15). The lowest BCUT2D eigenvalue weighted by Crippen LogP contribution is -2.42. The van der Waals surface area contributed by atoms with Crippen molar-refractivity contribution >= 4 is 40.2 Å². The topological polar surface area (TPSA) is 57.6 Å². The Morgan fingerprint density at radius 3 is 2.76 bits per heavy atom. The molecule has 1 aliphatic carbocycles. The number of thioether (sulfide) groups is 1. The maximum Gasteiger partial charge on any atom is 0.306 e. The Morgan fingerprint density at radius 1 is 1.53 bits per heavy atom. The van der Waals surface area contributed by atoms with Crippen molar-refractivity contribution in [2.75, 3.05) is 0 Å². The number of hydrogen-bond acceptors (Lipinski definition) is 4. The quantitative estimate of drug-likeness (QED) is 0.615. The molecule has 2 aliphatic rings. The number of carboxylic acids is 1. The fraction of sp³-hybridized carbons (Fsp3) is 0.545. The molecular weight excluding hydrogens is 258 g/mol. The summed E-state index contributed by atoms with van der Waals surface area (Å²) in [6, 6.07) is -0.0726. The second-order valence-electron chi connectivity index (χ2n) is 4.32. The Labute approximate surface area is 109 Å². The number of thiocarbonyl (C=S) groups is 1. The first kappa shape index (κ1) is 12.6. The number of rotatable bonds is 2. The van der Waals surface area contributed by atoms with Gasteiger partial charge in [-0.2, -0.15) is 0 Å². The SMILES string of the molecule is C=C1SC(=S)N(C2CCCC(C(=O)O)C2)C1=O. The van der Waals surface area contributed by atoms with Crippen LogP contribution in [-0.2, 0) is 9.59 Å². The van der Waals surface area contributed by atoms with Crippen molar-refractivity contribution in [1.82, 2.24) is 4.90 Å². The summed E-state index contributed by atoms with van der Waals surface area (Å²) in [6.07, 6.45) is 2.83. The minimum Gasteiger partial charge on any atom is -0.481 e. The zero-order chi connectivity index (χ0) is 12.6. The summed E-state index contributed by atoms with van der Waals surface area (Å²) in [6.45, 7) is 3.65. The zero-order valence-electron chi connectivity index (χ0n) is 9.22. The van der Waals surface area contributed by atoms with Crippen molar-refractivity contribution in [3.05, 3.63) is 11.5 Å². The van der Waals surface area contributed by atoms with E-state index in [-0.39, 0.29) is 17.9 Å². The summed E-state index contributed by atoms with van der Waals surface area (Å²) in [7, 11) is 0. The Morgan fingerprint density at radius 2 is 2.24 bits per heavy atom. The largest absolute Gasteiger partial charge is 0.481 e. The molecule has 1 saturated carbocycles. The number of carbonyl (C=O) groups is 2. The Hall–Kier alpha value is -0.880. The van der Waals surface area contributed by atoms with Crippen LogP contribution in [0.2, 0.25) is 0 Å². The van der Waals surface area contributed by atoms with Gasteiger partial charge in [0.1, 0.15) is 4.32 Å². The molecule has 1 aliphatic heterocycles. The van der Waals surface area contributed by atoms with Crippen molar-refractivity contribution in [2.45, 2.75) is 31.7 Å². The molecule has 0 aromatic carbocycles. The normalized spacial score (nSPS) is 29.9. The van der Waals surface area contributed by atoms with Crippen LogP contribution in [0.4, 0.5) is 0 Å². The fourth-order valence-electron chi connectivity index (χ4n) is 2.35. The first-order valence-corrected chi connectivity index (χ1v) is 6.70. The molecule has 17 heavy (non-hydrogen) atoms. The lowest BCUT2D eigenvalue weighted by Gasteiger charge is -2.32. The Balaban J connectivity index is 2.12. The molecule has 6 heteroatoms. The van der Waals surface area contributed by atoms with E-state index in [1.807, 2.05) is 0 Å². The molecule has 0 bridgehead atoms. The molecule has 1 N–H and O–H groups in total. The van der Waals surface area contributed by atoms with Gasteiger partial charge < -0.3 is 5.11 Å². The molecule has 2 atom stereocenters. The van der Waals surface area contributed by atoms with Crippen molar-refractivity contribution in [2.24, 2.45) is 5.92 Å². The van der Waals surface area contributed by atoms with Crippen molar-refractivity contribution in [1.29, 1.82) is 0 Å². The summed E-state index contributed by atoms with van der Waals surface area (Å²) in [4.78, 5) is 24.8. The lowest BCUT2D eigenvalue weighted by atomic mass is 9.85. The van der Waals surface area contributed by atoms with Gasteiger partial charge in [-0.15, -0.1) is 0 Å². The lowest BCUT2D eigenvalue weighted by molar-refractivity contribution is -0.144. The Bertz CT molecular complexity index is 408. The van der Waals surface area contributed by atoms with Gasteiger partial charge in [0, 0.05) is 6.04 Å². The highest BCUT2D eigenvalue weighted by Gasteiger charge is 2.39. The van der Waals surface area contributed by atoms with Crippen LogP contribution in [0.15, 0.2) is 11.5 Å². The van der Waals surface area contributed by atoms with Gasteiger partial charge in [-0.05, 0) is 19.3 Å². The maximum absolute atomic E-state index is 11.9. The average molecular weight is 271 g/mol. The molecule has 0 aromatic rings. The summed E-state index contributed by atoms with van der Waals surface area (Å²) in [5.41, 5.74) is 0. The minimum atomic E-state index is -0.779. The van der Waals surface area contributed by atoms with Crippen LogP contribution in [0.1, 0.15) is 25.7 Å². The number of amides is 1. The van der Waals surface area contributed by atoms with Crippen molar-refractivity contribution in [3.8, 4) is 0 Å². The molecule has 2 unspecified atom stereocenters. The molecule has 4 nitrogen and oxygen atoms in total. The molecule has 92 valence electrons. The predicted octanol–water partition coefficient (Wildman–Crippen LogP) is 2.00. The van der Waals surface area contributed by atoms with Gasteiger partial charge >= 0.3 is 5.97 Å². The molecular formula is C11H13NO3S2. The van der Waals surface area contributed by atoms with Gasteiger partial charge in [0.25, 0.3) is 5.91 Å². The van der Waals surface area contributed by atoms with Crippen molar-refractivity contribution < 1.29 is 14.7 Å². The van der Waals surface area contributed by atoms with E-state index in [1.54, 1.807) is 4.90 Å². The fourth-order valence-corrected chi connectivity index (χ4v) is 3.61. The van der Waals surface area contributed by atoms with Crippen LogP contribution in [-0.4, -0.2) is 32.2 Å². The van der Waals surface area contributed by atoms with Crippen LogP contribution in [0.5, 0.6) is 0 Å². The third kappa shape index (κ3) is 2.37. The highest BCUT2D eigenvalue weighted by molar-refractivity contribution is 8.26. The van der Waals surface area contributed by atoms with Gasteiger partial charge in [-0.3, -0.25) is 14.5 Å². The van der Waals surface area contributed by atoms with E-state index in [0.29, 0.717) is 22.1 Å². The van der Waals surface area contributed by atoms with Gasteiger partial charge in [-0.25, -0.2) is 0 Å². The van der Waals surface area contributed by atoms with E-state index in [9.17, 15) is 9.59 Å². The molecule has 2 rings (SSSR count). The summed E-state index contributed by atoms with van der Waals surface area (Å²) in [5.74, 6) is -1.29. The number of carboxylic acid groups (broad SMARTS) is 1. The molecule has 0 spiro atoms. The second-order valence-corrected chi connectivity index (χ2v) is 6.05. The number of carbonyl (C=O) groups excluding carboxylic acids is 1. The van der Waals surface area contributed by atoms with Gasteiger partial charge in [0.15, 0.2) is 0 Å². The third-order valence-electron chi connectivity index (χ3n) is 3.23. The highest BCUT2D eigenvalue weighted by Crippen LogP contribution is 2.36. The van der Waals surface area contributed by atoms with E-state index in [0.717, 1.165) is 12.8 Å². The average Bonchev–Trinajstić information content (AvgIpc) is 2.53. The summed E-state index contributed by atoms with van der Waals surface area (Å²) >= 11 is 6.35. The number of nitrogens with zero attached hydrogens (tertiary/aromatic N) is 1. The number of aliphatic carboxylic acids is 1. The highest BCUT2D eigenvalue weighted by atomic mass is 32.2. The first-order valence-electron chi connectivity index (χ1n) is 5.47. The molecule has 2 fully saturated rings. The van der Waals surface area contributed by atoms with Crippen LogP contribution < -0.4 is 0 Å². The zero-order valence-corrected chi connectivity index (χ0v) is 10.9. The molecule has 1 heterocycles. The van der Waals surface area contributed by atoms with E-state index in [2.05, 4.69) is 6.58 Å². The maximum atomic E-state index is 11.9. The smallest absolute Gasteiger partial charge is 0.306 e. The minimum absolute atomic E-state index is 0.0726. The van der Waals surface area contributed by atoms with Crippen LogP contribution >= 0.6 is 24.0 Å². The molecule has 0 radical (unpaired) electrons. The van der Waals surface area contributed by atoms with Crippen LogP contribution in [0, 0.1) is 5.92 Å². The third-order valence-corrected chi connectivity index (χ3v) is 4.46. The van der Waals surface area contributed by atoms with Gasteiger partial charge in [0.05, 0.1) is 10.8 Å². The van der Waals surface area contributed by atoms with Crippen LogP contribution in [0.25, 0.3) is 0 Å². The summed E-state index contributed by atoms with van der Waals surface area (Å²) < 4.78 is 0.510. The van der Waals surface area contributed by atoms with Gasteiger partial charge in [0.2, 0.25) is 0 Å². The monoisotopic (exact) mass is 271 g/mol. The van der Waals surface area contributed by atoms with Crippen molar-refractivity contribution in [3.63, 3.8) is 0 Å². The van der Waals surface area contributed by atoms with E-state index < -0.39 is 5.97 Å². The second kappa shape index (κ2) is 4.78. The first-order chi connectivity index (χ1) is 8.00.